The molecule has 1 aliphatic rings. The zero-order valence-electron chi connectivity index (χ0n) is 11.9. The van der Waals surface area contributed by atoms with Gasteiger partial charge in [-0.15, -0.1) is 0 Å². The van der Waals surface area contributed by atoms with Gasteiger partial charge in [0.25, 0.3) is 0 Å². The van der Waals surface area contributed by atoms with Gasteiger partial charge in [-0.3, -0.25) is 0 Å². The Balaban J connectivity index is 1.99. The van der Waals surface area contributed by atoms with E-state index in [0.717, 1.165) is 26.2 Å². The lowest BCUT2D eigenvalue weighted by atomic mass is 10.1. The highest BCUT2D eigenvalue weighted by Crippen LogP contribution is 2.15. The number of rotatable bonds is 8. The highest BCUT2D eigenvalue weighted by Gasteiger charge is 2.21. The van der Waals surface area contributed by atoms with Crippen LogP contribution in [0, 0.1) is 5.92 Å². The predicted molar refractivity (Wildman–Crippen MR) is 71.3 cm³/mol. The SMILES string of the molecule is CC(C)CC(C)OCCNC(C)C1CCCO1. The third kappa shape index (κ3) is 6.39. The lowest BCUT2D eigenvalue weighted by Gasteiger charge is -2.21. The molecule has 1 saturated heterocycles. The average Bonchev–Trinajstić information content (AvgIpc) is 2.76. The molecule has 1 aliphatic heterocycles. The van der Waals surface area contributed by atoms with Gasteiger partial charge >= 0.3 is 0 Å². The Morgan fingerprint density at radius 2 is 2.06 bits per heavy atom. The fourth-order valence-electron chi connectivity index (χ4n) is 2.41. The predicted octanol–water partition coefficient (Wildman–Crippen LogP) is 2.59. The van der Waals surface area contributed by atoms with Crippen molar-refractivity contribution in [1.82, 2.24) is 5.32 Å². The van der Waals surface area contributed by atoms with Crippen LogP contribution in [0.2, 0.25) is 0 Å². The molecule has 0 aliphatic carbocycles. The minimum absolute atomic E-state index is 0.370. The van der Waals surface area contributed by atoms with E-state index in [1.54, 1.807) is 0 Å². The molecule has 1 N–H and O–H groups in total. The summed E-state index contributed by atoms with van der Waals surface area (Å²) in [5.74, 6) is 0.712. The van der Waals surface area contributed by atoms with Gasteiger partial charge < -0.3 is 14.8 Å². The molecule has 102 valence electrons. The number of nitrogens with one attached hydrogen (secondary N) is 1. The van der Waals surface area contributed by atoms with Gasteiger partial charge in [0.05, 0.1) is 18.8 Å². The van der Waals surface area contributed by atoms with Crippen LogP contribution in [0.3, 0.4) is 0 Å². The summed E-state index contributed by atoms with van der Waals surface area (Å²) >= 11 is 0. The van der Waals surface area contributed by atoms with Crippen molar-refractivity contribution in [2.24, 2.45) is 5.92 Å². The highest BCUT2D eigenvalue weighted by molar-refractivity contribution is 4.76. The number of hydrogen-bond donors (Lipinski definition) is 1. The van der Waals surface area contributed by atoms with E-state index >= 15 is 0 Å². The van der Waals surface area contributed by atoms with Crippen molar-refractivity contribution >= 4 is 0 Å². The van der Waals surface area contributed by atoms with Crippen LogP contribution in [0.5, 0.6) is 0 Å². The smallest absolute Gasteiger partial charge is 0.0726 e. The molecule has 0 aromatic carbocycles. The summed E-state index contributed by atoms with van der Waals surface area (Å²) in [4.78, 5) is 0. The molecule has 3 nitrogen and oxygen atoms in total. The third-order valence-electron chi connectivity index (χ3n) is 3.30. The van der Waals surface area contributed by atoms with E-state index in [4.69, 9.17) is 9.47 Å². The van der Waals surface area contributed by atoms with Crippen LogP contribution in [-0.4, -0.2) is 38.0 Å². The standard InChI is InChI=1S/C14H29NO2/c1-11(2)10-12(3)16-9-7-15-13(4)14-6-5-8-17-14/h11-15H,5-10H2,1-4H3. The summed E-state index contributed by atoms with van der Waals surface area (Å²) in [6.07, 6.45) is 4.32. The molecule has 3 heteroatoms. The van der Waals surface area contributed by atoms with Crippen LogP contribution in [0.15, 0.2) is 0 Å². The summed E-state index contributed by atoms with van der Waals surface area (Å²) in [6, 6.07) is 0.446. The lowest BCUT2D eigenvalue weighted by Crippen LogP contribution is -2.39. The molecule has 0 spiro atoms. The van der Waals surface area contributed by atoms with Crippen LogP contribution in [0.1, 0.15) is 47.0 Å². The Hall–Kier alpha value is -0.120. The molecule has 1 rings (SSSR count). The van der Waals surface area contributed by atoms with Gasteiger partial charge in [-0.25, -0.2) is 0 Å². The molecule has 17 heavy (non-hydrogen) atoms. The van der Waals surface area contributed by atoms with Gasteiger partial charge in [0.2, 0.25) is 0 Å². The molecule has 1 heterocycles. The van der Waals surface area contributed by atoms with Crippen molar-refractivity contribution in [3.8, 4) is 0 Å². The first kappa shape index (κ1) is 14.9. The Morgan fingerprint density at radius 3 is 2.65 bits per heavy atom. The van der Waals surface area contributed by atoms with E-state index in [9.17, 15) is 0 Å². The van der Waals surface area contributed by atoms with Gasteiger partial charge in [0.15, 0.2) is 0 Å². The quantitative estimate of drug-likeness (QED) is 0.665. The summed E-state index contributed by atoms with van der Waals surface area (Å²) < 4.78 is 11.4. The molecule has 0 amide bonds. The summed E-state index contributed by atoms with van der Waals surface area (Å²) in [5.41, 5.74) is 0. The third-order valence-corrected chi connectivity index (χ3v) is 3.30. The van der Waals surface area contributed by atoms with Crippen LogP contribution in [-0.2, 0) is 9.47 Å². The Bertz CT molecular complexity index is 191. The minimum Gasteiger partial charge on any atom is -0.377 e. The molecule has 0 aromatic rings. The van der Waals surface area contributed by atoms with Crippen molar-refractivity contribution in [1.29, 1.82) is 0 Å². The van der Waals surface area contributed by atoms with E-state index in [0.29, 0.717) is 24.2 Å². The van der Waals surface area contributed by atoms with E-state index < -0.39 is 0 Å². The van der Waals surface area contributed by atoms with Crippen LogP contribution in [0.25, 0.3) is 0 Å². The van der Waals surface area contributed by atoms with Crippen LogP contribution in [0.4, 0.5) is 0 Å². The molecule has 0 saturated carbocycles. The maximum Gasteiger partial charge on any atom is 0.0726 e. The molecule has 3 unspecified atom stereocenters. The number of hydrogen-bond acceptors (Lipinski definition) is 3. The lowest BCUT2D eigenvalue weighted by molar-refractivity contribution is 0.0453. The van der Waals surface area contributed by atoms with Gasteiger partial charge in [0, 0.05) is 19.2 Å². The average molecular weight is 243 g/mol. The van der Waals surface area contributed by atoms with Gasteiger partial charge in [-0.05, 0) is 39.0 Å². The summed E-state index contributed by atoms with van der Waals surface area (Å²) in [7, 11) is 0. The second-order valence-corrected chi connectivity index (χ2v) is 5.61. The van der Waals surface area contributed by atoms with Gasteiger partial charge in [-0.1, -0.05) is 13.8 Å². The molecule has 3 atom stereocenters. The maximum atomic E-state index is 5.76. The Morgan fingerprint density at radius 1 is 1.29 bits per heavy atom. The van der Waals surface area contributed by atoms with E-state index in [1.165, 1.54) is 12.8 Å². The van der Waals surface area contributed by atoms with Crippen molar-refractivity contribution < 1.29 is 9.47 Å². The van der Waals surface area contributed by atoms with E-state index in [1.807, 2.05) is 0 Å². The van der Waals surface area contributed by atoms with Crippen molar-refractivity contribution in [2.75, 3.05) is 19.8 Å². The zero-order chi connectivity index (χ0) is 12.7. The molecular formula is C14H29NO2. The summed E-state index contributed by atoms with van der Waals surface area (Å²) in [5, 5.41) is 3.48. The first-order chi connectivity index (χ1) is 8.09. The second kappa shape index (κ2) is 8.06. The van der Waals surface area contributed by atoms with Gasteiger partial charge in [-0.2, -0.15) is 0 Å². The van der Waals surface area contributed by atoms with Crippen LogP contribution < -0.4 is 5.32 Å². The summed E-state index contributed by atoms with van der Waals surface area (Å²) in [6.45, 7) is 11.5. The fraction of sp³-hybridized carbons (Fsp3) is 1.00. The van der Waals surface area contributed by atoms with Crippen molar-refractivity contribution in [2.45, 2.75) is 65.2 Å². The normalized spacial score (nSPS) is 24.2. The molecule has 1 fully saturated rings. The fourth-order valence-corrected chi connectivity index (χ4v) is 2.41. The molecule has 0 radical (unpaired) electrons. The highest BCUT2D eigenvalue weighted by atomic mass is 16.5. The zero-order valence-corrected chi connectivity index (χ0v) is 11.9. The Labute approximate surface area is 106 Å². The molecule has 0 aromatic heterocycles. The van der Waals surface area contributed by atoms with Gasteiger partial charge in [0.1, 0.15) is 0 Å². The molecule has 0 bridgehead atoms. The Kier molecular flexibility index (Phi) is 7.09. The molecular weight excluding hydrogens is 214 g/mol. The maximum absolute atomic E-state index is 5.76. The van der Waals surface area contributed by atoms with E-state index in [2.05, 4.69) is 33.0 Å². The first-order valence-corrected chi connectivity index (χ1v) is 7.06. The van der Waals surface area contributed by atoms with Crippen LogP contribution >= 0.6 is 0 Å². The largest absolute Gasteiger partial charge is 0.377 e. The van der Waals surface area contributed by atoms with Crippen molar-refractivity contribution in [3.05, 3.63) is 0 Å². The monoisotopic (exact) mass is 243 g/mol. The number of ether oxygens (including phenoxy) is 2. The van der Waals surface area contributed by atoms with E-state index in [-0.39, 0.29) is 0 Å². The topological polar surface area (TPSA) is 30.5 Å². The minimum atomic E-state index is 0.370. The van der Waals surface area contributed by atoms with Crippen molar-refractivity contribution in [3.63, 3.8) is 0 Å². The first-order valence-electron chi connectivity index (χ1n) is 7.06. The second-order valence-electron chi connectivity index (χ2n) is 5.61.